The summed E-state index contributed by atoms with van der Waals surface area (Å²) in [5, 5.41) is 17.5. The van der Waals surface area contributed by atoms with Crippen LogP contribution >= 0.6 is 0 Å². The average Bonchev–Trinajstić information content (AvgIpc) is 2.20. The number of hydrogen-bond donors (Lipinski definition) is 3. The van der Waals surface area contributed by atoms with Crippen molar-refractivity contribution in [1.82, 2.24) is 0 Å². The van der Waals surface area contributed by atoms with E-state index >= 15 is 0 Å². The van der Waals surface area contributed by atoms with Crippen molar-refractivity contribution in [3.63, 3.8) is 0 Å². The molecule has 0 saturated carbocycles. The third kappa shape index (κ3) is 2.41. The van der Waals surface area contributed by atoms with Gasteiger partial charge >= 0.3 is 11.9 Å². The largest absolute Gasteiger partial charge is 0.479 e. The first kappa shape index (κ1) is 11.8. The van der Waals surface area contributed by atoms with Crippen LogP contribution < -0.4 is 10.5 Å². The second-order valence-corrected chi connectivity index (χ2v) is 3.13. The monoisotopic (exact) mass is 225 g/mol. The van der Waals surface area contributed by atoms with Gasteiger partial charge in [-0.3, -0.25) is 0 Å². The Balaban J connectivity index is 3.11. The minimum absolute atomic E-state index is 0.0907. The fraction of sp³-hybridized carbons (Fsp3) is 0.200. The Morgan fingerprint density at radius 3 is 2.50 bits per heavy atom. The highest BCUT2D eigenvalue weighted by molar-refractivity contribution is 5.93. The van der Waals surface area contributed by atoms with Crippen molar-refractivity contribution in [3.8, 4) is 5.75 Å². The summed E-state index contributed by atoms with van der Waals surface area (Å²) in [5.41, 5.74) is 5.46. The van der Waals surface area contributed by atoms with Crippen molar-refractivity contribution < 1.29 is 24.5 Å². The van der Waals surface area contributed by atoms with Crippen LogP contribution in [-0.4, -0.2) is 28.3 Å². The van der Waals surface area contributed by atoms with Crippen LogP contribution in [0.25, 0.3) is 0 Å². The quantitative estimate of drug-likeness (QED) is 0.654. The molecule has 86 valence electrons. The molecule has 0 aliphatic rings. The summed E-state index contributed by atoms with van der Waals surface area (Å²) in [6.45, 7) is 1.29. The Labute approximate surface area is 91.3 Å². The van der Waals surface area contributed by atoms with E-state index in [2.05, 4.69) is 0 Å². The molecular weight excluding hydrogens is 214 g/mol. The molecule has 6 heteroatoms. The topological polar surface area (TPSA) is 110 Å². The van der Waals surface area contributed by atoms with E-state index in [4.69, 9.17) is 20.7 Å². The number of carboxylic acids is 2. The second kappa shape index (κ2) is 4.52. The van der Waals surface area contributed by atoms with Gasteiger partial charge in [0.1, 0.15) is 5.56 Å². The van der Waals surface area contributed by atoms with Crippen LogP contribution in [0.5, 0.6) is 5.75 Å². The van der Waals surface area contributed by atoms with Crippen LogP contribution in [0.2, 0.25) is 0 Å². The summed E-state index contributed by atoms with van der Waals surface area (Å²) in [5.74, 6) is -2.54. The highest BCUT2D eigenvalue weighted by atomic mass is 16.5. The number of carbonyl (C=O) groups is 2. The zero-order valence-corrected chi connectivity index (χ0v) is 8.51. The molecular formula is C10H11NO5. The molecule has 4 N–H and O–H groups in total. The van der Waals surface area contributed by atoms with E-state index in [9.17, 15) is 9.59 Å². The van der Waals surface area contributed by atoms with Crippen LogP contribution in [0, 0.1) is 0 Å². The van der Waals surface area contributed by atoms with E-state index in [1.165, 1.54) is 25.1 Å². The lowest BCUT2D eigenvalue weighted by Gasteiger charge is -2.14. The fourth-order valence-corrected chi connectivity index (χ4v) is 1.08. The standard InChI is InChI=1S/C10H11NO5/c1-5(9(12)13)16-8-6(10(14)15)3-2-4-7(8)11/h2-5H,11H2,1H3,(H,12,13)(H,14,15). The molecule has 0 bridgehead atoms. The number of rotatable bonds is 4. The second-order valence-electron chi connectivity index (χ2n) is 3.13. The number of benzene rings is 1. The first-order valence-electron chi connectivity index (χ1n) is 4.44. The van der Waals surface area contributed by atoms with Gasteiger partial charge in [-0.2, -0.15) is 0 Å². The first-order chi connectivity index (χ1) is 7.43. The van der Waals surface area contributed by atoms with Crippen LogP contribution in [0.3, 0.4) is 0 Å². The smallest absolute Gasteiger partial charge is 0.344 e. The summed E-state index contributed by atoms with van der Waals surface area (Å²) < 4.78 is 4.99. The highest BCUT2D eigenvalue weighted by Gasteiger charge is 2.19. The zero-order valence-electron chi connectivity index (χ0n) is 8.51. The van der Waals surface area contributed by atoms with E-state index in [-0.39, 0.29) is 17.0 Å². The molecule has 0 saturated heterocycles. The van der Waals surface area contributed by atoms with Gasteiger partial charge in [-0.15, -0.1) is 0 Å². The summed E-state index contributed by atoms with van der Waals surface area (Å²) in [4.78, 5) is 21.4. The van der Waals surface area contributed by atoms with E-state index < -0.39 is 18.0 Å². The lowest BCUT2D eigenvalue weighted by molar-refractivity contribution is -0.144. The molecule has 1 aromatic carbocycles. The van der Waals surface area contributed by atoms with Crippen molar-refractivity contribution in [3.05, 3.63) is 23.8 Å². The molecule has 6 nitrogen and oxygen atoms in total. The molecule has 1 atom stereocenters. The van der Waals surface area contributed by atoms with Gasteiger partial charge in [0.2, 0.25) is 0 Å². The minimum atomic E-state index is -1.22. The van der Waals surface area contributed by atoms with Gasteiger partial charge < -0.3 is 20.7 Å². The van der Waals surface area contributed by atoms with Crippen LogP contribution in [0.4, 0.5) is 5.69 Å². The Morgan fingerprint density at radius 2 is 2.00 bits per heavy atom. The van der Waals surface area contributed by atoms with Crippen molar-refractivity contribution >= 4 is 17.6 Å². The van der Waals surface area contributed by atoms with Gasteiger partial charge in [0.05, 0.1) is 5.69 Å². The Morgan fingerprint density at radius 1 is 1.38 bits per heavy atom. The molecule has 1 unspecified atom stereocenters. The maximum Gasteiger partial charge on any atom is 0.344 e. The third-order valence-electron chi connectivity index (χ3n) is 1.92. The molecule has 0 fully saturated rings. The molecule has 16 heavy (non-hydrogen) atoms. The van der Waals surface area contributed by atoms with E-state index in [1.54, 1.807) is 0 Å². The molecule has 0 amide bonds. The van der Waals surface area contributed by atoms with Gasteiger partial charge in [0, 0.05) is 0 Å². The highest BCUT2D eigenvalue weighted by Crippen LogP contribution is 2.27. The molecule has 0 aliphatic carbocycles. The summed E-state index contributed by atoms with van der Waals surface area (Å²) in [7, 11) is 0. The molecule has 0 aromatic heterocycles. The number of carboxylic acid groups (broad SMARTS) is 2. The van der Waals surface area contributed by atoms with E-state index in [1.807, 2.05) is 0 Å². The van der Waals surface area contributed by atoms with Gasteiger partial charge in [-0.1, -0.05) is 6.07 Å². The number of aliphatic carboxylic acids is 1. The Kier molecular flexibility index (Phi) is 3.34. The third-order valence-corrected chi connectivity index (χ3v) is 1.92. The molecule has 0 spiro atoms. The number of nitrogen functional groups attached to an aromatic ring is 1. The number of anilines is 1. The first-order valence-corrected chi connectivity index (χ1v) is 4.44. The Hall–Kier alpha value is -2.24. The van der Waals surface area contributed by atoms with Gasteiger partial charge in [0.15, 0.2) is 11.9 Å². The number of hydrogen-bond acceptors (Lipinski definition) is 4. The van der Waals surface area contributed by atoms with Crippen molar-refractivity contribution in [1.29, 1.82) is 0 Å². The predicted molar refractivity (Wildman–Crippen MR) is 55.5 cm³/mol. The summed E-state index contributed by atoms with van der Waals surface area (Å²) in [6, 6.07) is 4.19. The molecule has 0 aliphatic heterocycles. The van der Waals surface area contributed by atoms with Crippen molar-refractivity contribution in [2.45, 2.75) is 13.0 Å². The lowest BCUT2D eigenvalue weighted by Crippen LogP contribution is -2.24. The maximum atomic E-state index is 10.8. The predicted octanol–water partition coefficient (Wildman–Crippen LogP) is 0.819. The van der Waals surface area contributed by atoms with E-state index in [0.717, 1.165) is 0 Å². The van der Waals surface area contributed by atoms with Crippen LogP contribution in [-0.2, 0) is 4.79 Å². The SMILES string of the molecule is CC(Oc1c(N)cccc1C(=O)O)C(=O)O. The lowest BCUT2D eigenvalue weighted by atomic mass is 10.1. The zero-order chi connectivity index (χ0) is 12.3. The molecule has 0 heterocycles. The Bertz CT molecular complexity index is 429. The summed E-state index contributed by atoms with van der Waals surface area (Å²) in [6.07, 6.45) is -1.16. The van der Waals surface area contributed by atoms with Gasteiger partial charge in [0.25, 0.3) is 0 Å². The average molecular weight is 225 g/mol. The van der Waals surface area contributed by atoms with Crippen molar-refractivity contribution in [2.75, 3.05) is 5.73 Å². The van der Waals surface area contributed by atoms with Crippen molar-refractivity contribution in [2.24, 2.45) is 0 Å². The van der Waals surface area contributed by atoms with Gasteiger partial charge in [-0.05, 0) is 19.1 Å². The fourth-order valence-electron chi connectivity index (χ4n) is 1.08. The number of ether oxygens (including phenoxy) is 1. The van der Waals surface area contributed by atoms with Gasteiger partial charge in [-0.25, -0.2) is 9.59 Å². The molecule has 0 radical (unpaired) electrons. The van der Waals surface area contributed by atoms with E-state index in [0.29, 0.717) is 0 Å². The number of nitrogens with two attached hydrogens (primary N) is 1. The number of aromatic carboxylic acids is 1. The molecule has 1 rings (SSSR count). The molecule has 1 aromatic rings. The normalized spacial score (nSPS) is 11.8. The van der Waals surface area contributed by atoms with Crippen LogP contribution in [0.1, 0.15) is 17.3 Å². The van der Waals surface area contributed by atoms with Crippen LogP contribution in [0.15, 0.2) is 18.2 Å². The summed E-state index contributed by atoms with van der Waals surface area (Å²) >= 11 is 0. The maximum absolute atomic E-state index is 10.8. The number of para-hydroxylation sites is 1. The minimum Gasteiger partial charge on any atom is -0.479 e.